The summed E-state index contributed by atoms with van der Waals surface area (Å²) in [4.78, 5) is 19.8. The smallest absolute Gasteiger partial charge is 0.248 e. The van der Waals surface area contributed by atoms with Crippen molar-refractivity contribution < 1.29 is 9.53 Å². The number of carbonyl (C=O) groups excluding carboxylic acids is 1. The first kappa shape index (κ1) is 18.3. The van der Waals surface area contributed by atoms with Crippen molar-refractivity contribution in [3.63, 3.8) is 0 Å². The van der Waals surface area contributed by atoms with Crippen LogP contribution in [0.5, 0.6) is 5.75 Å². The predicted octanol–water partition coefficient (Wildman–Crippen LogP) is 5.02. The molecule has 0 saturated carbocycles. The number of ether oxygens (including phenoxy) is 1. The average molecular weight is 395 g/mol. The number of amides is 1. The van der Waals surface area contributed by atoms with E-state index in [1.54, 1.807) is 29.5 Å². The van der Waals surface area contributed by atoms with Crippen molar-refractivity contribution in [1.29, 1.82) is 0 Å². The van der Waals surface area contributed by atoms with Crippen molar-refractivity contribution in [3.05, 3.63) is 47.2 Å². The van der Waals surface area contributed by atoms with E-state index in [0.29, 0.717) is 17.0 Å². The van der Waals surface area contributed by atoms with Crippen molar-refractivity contribution in [2.75, 3.05) is 5.32 Å². The highest BCUT2D eigenvalue weighted by atomic mass is 32.1. The lowest BCUT2D eigenvalue weighted by atomic mass is 10.1. The van der Waals surface area contributed by atoms with Gasteiger partial charge in [-0.1, -0.05) is 17.4 Å². The highest BCUT2D eigenvalue weighted by Gasteiger charge is 2.15. The van der Waals surface area contributed by atoms with Crippen molar-refractivity contribution in [2.45, 2.75) is 33.8 Å². The number of anilines is 2. The number of nitrogens with one attached hydrogen (secondary N) is 2. The molecule has 1 amide bonds. The molecule has 0 bridgehead atoms. The zero-order valence-electron chi connectivity index (χ0n) is 16.2. The Balaban J connectivity index is 1.79. The Labute approximate surface area is 166 Å². The summed E-state index contributed by atoms with van der Waals surface area (Å²) in [7, 11) is 0. The summed E-state index contributed by atoms with van der Waals surface area (Å²) in [6.07, 6.45) is -0.000149. The lowest BCUT2D eigenvalue weighted by molar-refractivity contribution is 0.100. The first-order valence-electron chi connectivity index (χ1n) is 9.09. The molecule has 4 rings (SSSR count). The fourth-order valence-corrected chi connectivity index (χ4v) is 4.11. The monoisotopic (exact) mass is 394 g/mol. The molecule has 2 aromatic carbocycles. The van der Waals surface area contributed by atoms with Gasteiger partial charge in [-0.15, -0.1) is 0 Å². The molecule has 2 heterocycles. The van der Waals surface area contributed by atoms with Gasteiger partial charge < -0.3 is 20.8 Å². The van der Waals surface area contributed by atoms with Gasteiger partial charge in [0, 0.05) is 16.6 Å². The maximum absolute atomic E-state index is 11.6. The number of rotatable bonds is 5. The highest BCUT2D eigenvalue weighted by Crippen LogP contribution is 2.36. The molecule has 0 atom stereocenters. The molecule has 2 aromatic heterocycles. The van der Waals surface area contributed by atoms with Crippen LogP contribution in [-0.4, -0.2) is 22.0 Å². The molecular formula is C21H22N4O2S. The van der Waals surface area contributed by atoms with Crippen molar-refractivity contribution in [1.82, 2.24) is 9.97 Å². The number of thiazole rings is 1. The van der Waals surface area contributed by atoms with E-state index in [1.807, 2.05) is 13.8 Å². The molecule has 7 heteroatoms. The number of carbonyl (C=O) groups is 1. The second kappa shape index (κ2) is 6.83. The highest BCUT2D eigenvalue weighted by molar-refractivity contribution is 7.22. The average Bonchev–Trinajstić information content (AvgIpc) is 3.17. The molecule has 0 saturated heterocycles. The summed E-state index contributed by atoms with van der Waals surface area (Å²) in [6, 6.07) is 9.33. The Morgan fingerprint density at radius 1 is 1.25 bits per heavy atom. The minimum Gasteiger partial charge on any atom is -0.489 e. The molecule has 6 nitrogen and oxygen atoms in total. The Bertz CT molecular complexity index is 1210. The second-order valence-corrected chi connectivity index (χ2v) is 8.13. The Morgan fingerprint density at radius 2 is 2.04 bits per heavy atom. The molecule has 0 aliphatic heterocycles. The number of aryl methyl sites for hydroxylation is 2. The van der Waals surface area contributed by atoms with Gasteiger partial charge in [-0.05, 0) is 57.5 Å². The van der Waals surface area contributed by atoms with Crippen LogP contribution >= 0.6 is 11.3 Å². The van der Waals surface area contributed by atoms with Gasteiger partial charge in [0.1, 0.15) is 11.3 Å². The molecule has 0 aliphatic rings. The third kappa shape index (κ3) is 3.18. The number of primary amides is 1. The fourth-order valence-electron chi connectivity index (χ4n) is 3.22. The third-order valence-electron chi connectivity index (χ3n) is 4.71. The summed E-state index contributed by atoms with van der Waals surface area (Å²) in [5, 5.41) is 5.22. The number of fused-ring (bicyclic) bond motifs is 3. The molecule has 0 fully saturated rings. The molecule has 4 N–H and O–H groups in total. The van der Waals surface area contributed by atoms with Crippen LogP contribution in [0.2, 0.25) is 0 Å². The molecule has 0 unspecified atom stereocenters. The van der Waals surface area contributed by atoms with Crippen LogP contribution in [0.15, 0.2) is 30.3 Å². The first-order valence-corrected chi connectivity index (χ1v) is 9.91. The van der Waals surface area contributed by atoms with Gasteiger partial charge in [0.05, 0.1) is 22.0 Å². The SMILES string of the molecule is Cc1[nH]c2c(ccc3sc(Nc4cc(C(N)=O)ccc4OC(C)C)nc32)c1C. The fraction of sp³-hybridized carbons (Fsp3) is 0.238. The number of nitrogens with two attached hydrogens (primary N) is 1. The van der Waals surface area contributed by atoms with Crippen LogP contribution < -0.4 is 15.8 Å². The van der Waals surface area contributed by atoms with E-state index in [9.17, 15) is 4.79 Å². The van der Waals surface area contributed by atoms with Crippen molar-refractivity contribution in [2.24, 2.45) is 5.73 Å². The molecule has 144 valence electrons. The lowest BCUT2D eigenvalue weighted by Gasteiger charge is -2.15. The second-order valence-electron chi connectivity index (χ2n) is 7.10. The topological polar surface area (TPSA) is 93.0 Å². The van der Waals surface area contributed by atoms with Crippen LogP contribution in [0.4, 0.5) is 10.8 Å². The van der Waals surface area contributed by atoms with Crippen LogP contribution in [-0.2, 0) is 0 Å². The molecule has 0 spiro atoms. The van der Waals surface area contributed by atoms with Gasteiger partial charge in [-0.25, -0.2) is 4.98 Å². The maximum Gasteiger partial charge on any atom is 0.248 e. The number of benzene rings is 2. The minimum absolute atomic E-state index is 0.000149. The van der Waals surface area contributed by atoms with E-state index >= 15 is 0 Å². The van der Waals surface area contributed by atoms with Gasteiger partial charge in [-0.3, -0.25) is 4.79 Å². The van der Waals surface area contributed by atoms with Gasteiger partial charge in [0.15, 0.2) is 5.13 Å². The van der Waals surface area contributed by atoms with Crippen LogP contribution in [0.25, 0.3) is 21.1 Å². The number of hydrogen-bond donors (Lipinski definition) is 3. The van der Waals surface area contributed by atoms with E-state index < -0.39 is 5.91 Å². The predicted molar refractivity (Wildman–Crippen MR) is 115 cm³/mol. The minimum atomic E-state index is -0.484. The Hall–Kier alpha value is -3.06. The summed E-state index contributed by atoms with van der Waals surface area (Å²) >= 11 is 1.55. The van der Waals surface area contributed by atoms with E-state index in [1.165, 1.54) is 10.9 Å². The van der Waals surface area contributed by atoms with Crippen LogP contribution in [0.1, 0.15) is 35.5 Å². The summed E-state index contributed by atoms with van der Waals surface area (Å²) < 4.78 is 6.95. The summed E-state index contributed by atoms with van der Waals surface area (Å²) in [5.41, 5.74) is 10.9. The van der Waals surface area contributed by atoms with Gasteiger partial charge in [0.2, 0.25) is 5.91 Å². The summed E-state index contributed by atoms with van der Waals surface area (Å²) in [6.45, 7) is 8.08. The molecule has 4 aromatic rings. The van der Waals surface area contributed by atoms with Gasteiger partial charge in [0.25, 0.3) is 0 Å². The van der Waals surface area contributed by atoms with Crippen molar-refractivity contribution in [3.8, 4) is 5.75 Å². The largest absolute Gasteiger partial charge is 0.489 e. The molecule has 28 heavy (non-hydrogen) atoms. The third-order valence-corrected chi connectivity index (χ3v) is 5.64. The quantitative estimate of drug-likeness (QED) is 0.443. The van der Waals surface area contributed by atoms with E-state index in [-0.39, 0.29) is 6.10 Å². The van der Waals surface area contributed by atoms with Crippen LogP contribution in [0, 0.1) is 13.8 Å². The number of aromatic nitrogens is 2. The normalized spacial score (nSPS) is 11.5. The number of H-pyrrole nitrogens is 1. The van der Waals surface area contributed by atoms with E-state index in [2.05, 4.69) is 36.3 Å². The summed E-state index contributed by atoms with van der Waals surface area (Å²) in [5.74, 6) is 0.165. The van der Waals surface area contributed by atoms with Gasteiger partial charge >= 0.3 is 0 Å². The Kier molecular flexibility index (Phi) is 4.47. The molecular weight excluding hydrogens is 372 g/mol. The van der Waals surface area contributed by atoms with Crippen molar-refractivity contribution >= 4 is 49.2 Å². The first-order chi connectivity index (χ1) is 13.3. The standard InChI is InChI=1S/C21H22N4O2S/c1-10(2)27-16-7-5-13(20(22)26)9-15(16)24-21-25-19-17(28-21)8-6-14-11(3)12(4)23-18(14)19/h5-10,23H,1-4H3,(H2,22,26)(H,24,25). The Morgan fingerprint density at radius 3 is 2.75 bits per heavy atom. The lowest BCUT2D eigenvalue weighted by Crippen LogP contribution is -2.12. The zero-order chi connectivity index (χ0) is 20.0. The van der Waals surface area contributed by atoms with E-state index in [4.69, 9.17) is 15.5 Å². The van der Waals surface area contributed by atoms with E-state index in [0.717, 1.165) is 26.6 Å². The van der Waals surface area contributed by atoms with Gasteiger partial charge in [-0.2, -0.15) is 0 Å². The number of nitrogens with zero attached hydrogens (tertiary/aromatic N) is 1. The number of aromatic amines is 1. The number of hydrogen-bond acceptors (Lipinski definition) is 5. The maximum atomic E-state index is 11.6. The van der Waals surface area contributed by atoms with Crippen LogP contribution in [0.3, 0.4) is 0 Å². The molecule has 0 aliphatic carbocycles. The molecule has 0 radical (unpaired) electrons. The zero-order valence-corrected chi connectivity index (χ0v) is 17.0.